The highest BCUT2D eigenvalue weighted by atomic mass is 16.2. The number of rotatable bonds is 1. The molecule has 1 heterocycles. The van der Waals surface area contributed by atoms with Crippen LogP contribution < -0.4 is 5.32 Å². The Morgan fingerprint density at radius 3 is 2.50 bits per heavy atom. The predicted molar refractivity (Wildman–Crippen MR) is 58.1 cm³/mol. The van der Waals surface area contributed by atoms with E-state index in [4.69, 9.17) is 0 Å². The summed E-state index contributed by atoms with van der Waals surface area (Å²) in [4.78, 5) is 13.9. The maximum atomic E-state index is 11.9. The first kappa shape index (κ1) is 11.2. The minimum Gasteiger partial charge on any atom is -0.338 e. The number of amides is 1. The molecule has 14 heavy (non-hydrogen) atoms. The van der Waals surface area contributed by atoms with Crippen LogP contribution in [0.3, 0.4) is 0 Å². The van der Waals surface area contributed by atoms with Gasteiger partial charge in [-0.25, -0.2) is 0 Å². The van der Waals surface area contributed by atoms with Gasteiger partial charge in [0.25, 0.3) is 0 Å². The highest BCUT2D eigenvalue weighted by molar-refractivity contribution is 5.93. The molecule has 0 atom stereocenters. The smallest absolute Gasteiger partial charge is 0.249 e. The largest absolute Gasteiger partial charge is 0.338 e. The van der Waals surface area contributed by atoms with Gasteiger partial charge in [-0.15, -0.1) is 0 Å². The van der Waals surface area contributed by atoms with Crippen molar-refractivity contribution in [2.75, 3.05) is 26.2 Å². The van der Waals surface area contributed by atoms with Gasteiger partial charge in [0.1, 0.15) is 0 Å². The normalized spacial score (nSPS) is 17.5. The maximum absolute atomic E-state index is 11.9. The van der Waals surface area contributed by atoms with Crippen LogP contribution in [0.1, 0.15) is 27.2 Å². The number of allylic oxidation sites excluding steroid dienone is 1. The molecule has 0 bridgehead atoms. The van der Waals surface area contributed by atoms with Crippen molar-refractivity contribution in [3.8, 4) is 0 Å². The number of carbonyl (C=O) groups excluding carboxylic acids is 1. The molecule has 3 heteroatoms. The molecule has 0 aliphatic carbocycles. The summed E-state index contributed by atoms with van der Waals surface area (Å²) in [5, 5.41) is 3.29. The summed E-state index contributed by atoms with van der Waals surface area (Å²) in [5.74, 6) is 0.203. The van der Waals surface area contributed by atoms with Crippen LogP contribution in [-0.2, 0) is 4.79 Å². The van der Waals surface area contributed by atoms with Crippen molar-refractivity contribution in [3.63, 3.8) is 0 Å². The maximum Gasteiger partial charge on any atom is 0.249 e. The summed E-state index contributed by atoms with van der Waals surface area (Å²) < 4.78 is 0. The molecular formula is C11H20N2O. The highest BCUT2D eigenvalue weighted by Crippen LogP contribution is 2.08. The molecule has 1 aliphatic heterocycles. The Labute approximate surface area is 86.2 Å². The molecule has 0 radical (unpaired) electrons. The molecule has 1 fully saturated rings. The van der Waals surface area contributed by atoms with E-state index in [1.54, 1.807) is 0 Å². The van der Waals surface area contributed by atoms with Crippen molar-refractivity contribution in [1.82, 2.24) is 10.2 Å². The van der Waals surface area contributed by atoms with Crippen LogP contribution >= 0.6 is 0 Å². The second-order valence-corrected chi connectivity index (χ2v) is 4.02. The SMILES string of the molecule is CC(C)=C(C)C(=O)N1CCCNCC1. The summed E-state index contributed by atoms with van der Waals surface area (Å²) in [6, 6.07) is 0. The van der Waals surface area contributed by atoms with Crippen LogP contribution in [0.4, 0.5) is 0 Å². The Morgan fingerprint density at radius 2 is 1.86 bits per heavy atom. The minimum absolute atomic E-state index is 0.203. The summed E-state index contributed by atoms with van der Waals surface area (Å²) in [6.07, 6.45) is 1.06. The van der Waals surface area contributed by atoms with Gasteiger partial charge in [-0.2, -0.15) is 0 Å². The fraction of sp³-hybridized carbons (Fsp3) is 0.727. The zero-order valence-corrected chi connectivity index (χ0v) is 9.39. The molecule has 3 nitrogen and oxygen atoms in total. The number of hydrogen-bond acceptors (Lipinski definition) is 2. The first-order valence-corrected chi connectivity index (χ1v) is 5.27. The predicted octanol–water partition coefficient (Wildman–Crippen LogP) is 1.16. The van der Waals surface area contributed by atoms with Gasteiger partial charge >= 0.3 is 0 Å². The number of nitrogens with zero attached hydrogens (tertiary/aromatic N) is 1. The van der Waals surface area contributed by atoms with Crippen molar-refractivity contribution in [2.45, 2.75) is 27.2 Å². The molecule has 0 spiro atoms. The Kier molecular flexibility index (Phi) is 4.14. The molecule has 1 saturated heterocycles. The van der Waals surface area contributed by atoms with Gasteiger partial charge in [-0.1, -0.05) is 5.57 Å². The van der Waals surface area contributed by atoms with Crippen LogP contribution in [0.5, 0.6) is 0 Å². The van der Waals surface area contributed by atoms with E-state index in [0.717, 1.165) is 43.7 Å². The van der Waals surface area contributed by atoms with Crippen molar-refractivity contribution >= 4 is 5.91 Å². The number of nitrogens with one attached hydrogen (secondary N) is 1. The summed E-state index contributed by atoms with van der Waals surface area (Å²) >= 11 is 0. The second-order valence-electron chi connectivity index (χ2n) is 4.02. The fourth-order valence-electron chi connectivity index (χ4n) is 1.50. The molecule has 0 unspecified atom stereocenters. The van der Waals surface area contributed by atoms with E-state index in [1.807, 2.05) is 25.7 Å². The van der Waals surface area contributed by atoms with E-state index in [0.29, 0.717) is 0 Å². The summed E-state index contributed by atoms with van der Waals surface area (Å²) in [6.45, 7) is 9.56. The van der Waals surface area contributed by atoms with Gasteiger partial charge in [-0.05, 0) is 33.7 Å². The highest BCUT2D eigenvalue weighted by Gasteiger charge is 2.16. The van der Waals surface area contributed by atoms with Gasteiger partial charge in [0.05, 0.1) is 0 Å². The van der Waals surface area contributed by atoms with Gasteiger partial charge in [0.2, 0.25) is 5.91 Å². The van der Waals surface area contributed by atoms with Gasteiger partial charge < -0.3 is 10.2 Å². The van der Waals surface area contributed by atoms with E-state index < -0.39 is 0 Å². The zero-order chi connectivity index (χ0) is 10.6. The standard InChI is InChI=1S/C11H20N2O/c1-9(2)10(3)11(14)13-7-4-5-12-6-8-13/h12H,4-8H2,1-3H3. The minimum atomic E-state index is 0.203. The molecular weight excluding hydrogens is 176 g/mol. The van der Waals surface area contributed by atoms with E-state index in [9.17, 15) is 4.79 Å². The lowest BCUT2D eigenvalue weighted by molar-refractivity contribution is -0.126. The second kappa shape index (κ2) is 5.15. The van der Waals surface area contributed by atoms with E-state index >= 15 is 0 Å². The third kappa shape index (κ3) is 2.84. The Bertz CT molecular complexity index is 234. The topological polar surface area (TPSA) is 32.3 Å². The average molecular weight is 196 g/mol. The van der Waals surface area contributed by atoms with Crippen molar-refractivity contribution in [2.24, 2.45) is 0 Å². The third-order valence-electron chi connectivity index (χ3n) is 2.70. The van der Waals surface area contributed by atoms with Gasteiger partial charge in [-0.3, -0.25) is 4.79 Å². The Hall–Kier alpha value is -0.830. The van der Waals surface area contributed by atoms with Gasteiger partial charge in [0, 0.05) is 25.2 Å². The van der Waals surface area contributed by atoms with Crippen LogP contribution in [0, 0.1) is 0 Å². The zero-order valence-electron chi connectivity index (χ0n) is 9.39. The van der Waals surface area contributed by atoms with Crippen LogP contribution in [-0.4, -0.2) is 37.0 Å². The lowest BCUT2D eigenvalue weighted by Crippen LogP contribution is -2.34. The van der Waals surface area contributed by atoms with E-state index in [-0.39, 0.29) is 5.91 Å². The monoisotopic (exact) mass is 196 g/mol. The lowest BCUT2D eigenvalue weighted by Gasteiger charge is -2.20. The molecule has 0 aromatic heterocycles. The lowest BCUT2D eigenvalue weighted by atomic mass is 10.1. The van der Waals surface area contributed by atoms with E-state index in [1.165, 1.54) is 0 Å². The van der Waals surface area contributed by atoms with Crippen LogP contribution in [0.15, 0.2) is 11.1 Å². The molecule has 1 aliphatic rings. The van der Waals surface area contributed by atoms with Crippen molar-refractivity contribution in [1.29, 1.82) is 0 Å². The Morgan fingerprint density at radius 1 is 1.14 bits per heavy atom. The fourth-order valence-corrected chi connectivity index (χ4v) is 1.50. The summed E-state index contributed by atoms with van der Waals surface area (Å²) in [7, 11) is 0. The molecule has 1 rings (SSSR count). The molecule has 0 aromatic carbocycles. The molecule has 0 saturated carbocycles. The van der Waals surface area contributed by atoms with Crippen LogP contribution in [0.25, 0.3) is 0 Å². The quantitative estimate of drug-likeness (QED) is 0.638. The van der Waals surface area contributed by atoms with Crippen LogP contribution in [0.2, 0.25) is 0 Å². The Balaban J connectivity index is 2.63. The molecule has 1 amide bonds. The molecule has 1 N–H and O–H groups in total. The average Bonchev–Trinajstić information content (AvgIpc) is 2.43. The third-order valence-corrected chi connectivity index (χ3v) is 2.70. The van der Waals surface area contributed by atoms with E-state index in [2.05, 4.69) is 5.32 Å². The number of hydrogen-bond donors (Lipinski definition) is 1. The van der Waals surface area contributed by atoms with Gasteiger partial charge in [0.15, 0.2) is 0 Å². The summed E-state index contributed by atoms with van der Waals surface area (Å²) in [5.41, 5.74) is 2.01. The molecule has 0 aromatic rings. The first-order chi connectivity index (χ1) is 6.63. The number of carbonyl (C=O) groups is 1. The van der Waals surface area contributed by atoms with Crippen molar-refractivity contribution < 1.29 is 4.79 Å². The molecule has 80 valence electrons. The first-order valence-electron chi connectivity index (χ1n) is 5.27. The van der Waals surface area contributed by atoms with Crippen molar-refractivity contribution in [3.05, 3.63) is 11.1 Å².